The SMILES string of the molecule is Cc1ccc(CN2CCN(CC3CCCCC3)[C@@H](CCO)C2)s1. The van der Waals surface area contributed by atoms with Gasteiger partial charge in [0.15, 0.2) is 0 Å². The summed E-state index contributed by atoms with van der Waals surface area (Å²) in [5.41, 5.74) is 0. The molecule has 2 aliphatic rings. The third-order valence-electron chi connectivity index (χ3n) is 5.54. The molecule has 1 N–H and O–H groups in total. The van der Waals surface area contributed by atoms with E-state index in [0.29, 0.717) is 12.6 Å². The summed E-state index contributed by atoms with van der Waals surface area (Å²) in [7, 11) is 0. The minimum atomic E-state index is 0.317. The van der Waals surface area contributed by atoms with Gasteiger partial charge in [0.05, 0.1) is 0 Å². The van der Waals surface area contributed by atoms with Gasteiger partial charge < -0.3 is 5.11 Å². The van der Waals surface area contributed by atoms with E-state index in [-0.39, 0.29) is 0 Å². The van der Waals surface area contributed by atoms with Gasteiger partial charge in [-0.1, -0.05) is 19.3 Å². The van der Waals surface area contributed by atoms with Crippen LogP contribution in [0.1, 0.15) is 48.3 Å². The second-order valence-corrected chi connectivity index (χ2v) is 8.79. The van der Waals surface area contributed by atoms with Crippen molar-refractivity contribution in [3.63, 3.8) is 0 Å². The second kappa shape index (κ2) is 8.61. The fraction of sp³-hybridized carbons (Fsp3) is 0.789. The van der Waals surface area contributed by atoms with Gasteiger partial charge in [0.2, 0.25) is 0 Å². The van der Waals surface area contributed by atoms with Crippen molar-refractivity contribution in [1.82, 2.24) is 9.80 Å². The zero-order chi connectivity index (χ0) is 16.1. The Morgan fingerprint density at radius 1 is 1.17 bits per heavy atom. The van der Waals surface area contributed by atoms with Crippen LogP contribution >= 0.6 is 11.3 Å². The fourth-order valence-electron chi connectivity index (χ4n) is 4.26. The Morgan fingerprint density at radius 2 is 2.00 bits per heavy atom. The van der Waals surface area contributed by atoms with E-state index < -0.39 is 0 Å². The smallest absolute Gasteiger partial charge is 0.0446 e. The van der Waals surface area contributed by atoms with Crippen molar-refractivity contribution < 1.29 is 5.11 Å². The van der Waals surface area contributed by atoms with Crippen molar-refractivity contribution in [2.75, 3.05) is 32.8 Å². The van der Waals surface area contributed by atoms with E-state index in [1.165, 1.54) is 61.5 Å². The molecule has 2 heterocycles. The lowest BCUT2D eigenvalue weighted by Gasteiger charge is -2.43. The molecule has 4 heteroatoms. The highest BCUT2D eigenvalue weighted by atomic mass is 32.1. The molecule has 0 aromatic carbocycles. The summed E-state index contributed by atoms with van der Waals surface area (Å²) in [6.45, 7) is 8.30. The molecular formula is C19H32N2OS. The molecule has 1 atom stereocenters. The Kier molecular flexibility index (Phi) is 6.52. The van der Waals surface area contributed by atoms with Crippen LogP contribution < -0.4 is 0 Å². The zero-order valence-electron chi connectivity index (χ0n) is 14.5. The first-order chi connectivity index (χ1) is 11.2. The Labute approximate surface area is 145 Å². The number of hydrogen-bond acceptors (Lipinski definition) is 4. The monoisotopic (exact) mass is 336 g/mol. The van der Waals surface area contributed by atoms with Gasteiger partial charge in [-0.25, -0.2) is 0 Å². The van der Waals surface area contributed by atoms with Gasteiger partial charge >= 0.3 is 0 Å². The highest BCUT2D eigenvalue weighted by Crippen LogP contribution is 2.27. The van der Waals surface area contributed by atoms with Crippen molar-refractivity contribution in [2.45, 2.75) is 58.0 Å². The largest absolute Gasteiger partial charge is 0.396 e. The molecule has 130 valence electrons. The van der Waals surface area contributed by atoms with E-state index in [1.54, 1.807) is 0 Å². The lowest BCUT2D eigenvalue weighted by molar-refractivity contribution is 0.0404. The number of nitrogens with zero attached hydrogens (tertiary/aromatic N) is 2. The molecule has 0 bridgehead atoms. The molecule has 0 spiro atoms. The van der Waals surface area contributed by atoms with Gasteiger partial charge in [0.25, 0.3) is 0 Å². The van der Waals surface area contributed by atoms with Gasteiger partial charge in [0, 0.05) is 55.1 Å². The lowest BCUT2D eigenvalue weighted by Crippen LogP contribution is -2.54. The summed E-state index contributed by atoms with van der Waals surface area (Å²) in [6, 6.07) is 5.04. The molecule has 3 nitrogen and oxygen atoms in total. The maximum absolute atomic E-state index is 9.48. The number of piperazine rings is 1. The first kappa shape index (κ1) is 17.4. The van der Waals surface area contributed by atoms with Crippen molar-refractivity contribution >= 4 is 11.3 Å². The molecule has 0 amide bonds. The topological polar surface area (TPSA) is 26.7 Å². The summed E-state index contributed by atoms with van der Waals surface area (Å²) in [5.74, 6) is 0.899. The normalized spacial score (nSPS) is 25.0. The standard InChI is InChI=1S/C19H32N2OS/c1-16-7-8-19(23-16)15-20-10-11-21(18(14-20)9-12-22)13-17-5-3-2-4-6-17/h7-8,17-18,22H,2-6,9-15H2,1H3/t18-/m0/s1. The van der Waals surface area contributed by atoms with Crippen molar-refractivity contribution in [2.24, 2.45) is 5.92 Å². The van der Waals surface area contributed by atoms with Gasteiger partial charge in [-0.3, -0.25) is 9.80 Å². The quantitative estimate of drug-likeness (QED) is 0.861. The highest BCUT2D eigenvalue weighted by Gasteiger charge is 2.28. The van der Waals surface area contributed by atoms with E-state index in [2.05, 4.69) is 28.9 Å². The maximum Gasteiger partial charge on any atom is 0.0446 e. The summed E-state index contributed by atoms with van der Waals surface area (Å²) >= 11 is 1.92. The highest BCUT2D eigenvalue weighted by molar-refractivity contribution is 7.11. The van der Waals surface area contributed by atoms with E-state index in [9.17, 15) is 5.11 Å². The number of aryl methyl sites for hydroxylation is 1. The molecule has 0 radical (unpaired) electrons. The van der Waals surface area contributed by atoms with Crippen LogP contribution in [0.5, 0.6) is 0 Å². The molecule has 2 fully saturated rings. The fourth-order valence-corrected chi connectivity index (χ4v) is 5.19. The van der Waals surface area contributed by atoms with Crippen LogP contribution in [0.3, 0.4) is 0 Å². The maximum atomic E-state index is 9.48. The van der Waals surface area contributed by atoms with E-state index in [1.807, 2.05) is 11.3 Å². The van der Waals surface area contributed by atoms with E-state index >= 15 is 0 Å². The van der Waals surface area contributed by atoms with E-state index in [0.717, 1.165) is 25.4 Å². The van der Waals surface area contributed by atoms with Gasteiger partial charge in [-0.2, -0.15) is 0 Å². The number of thiophene rings is 1. The molecule has 1 aromatic rings. The summed E-state index contributed by atoms with van der Waals surface area (Å²) in [4.78, 5) is 8.15. The molecule has 1 aliphatic carbocycles. The molecule has 0 unspecified atom stereocenters. The Hall–Kier alpha value is -0.420. The Balaban J connectivity index is 1.54. The van der Waals surface area contributed by atoms with Gasteiger partial charge in [-0.15, -0.1) is 11.3 Å². The number of aliphatic hydroxyl groups is 1. The third-order valence-corrected chi connectivity index (χ3v) is 6.53. The molecular weight excluding hydrogens is 304 g/mol. The Morgan fingerprint density at radius 3 is 2.70 bits per heavy atom. The minimum absolute atomic E-state index is 0.317. The molecule has 23 heavy (non-hydrogen) atoms. The molecule has 3 rings (SSSR count). The first-order valence-electron chi connectivity index (χ1n) is 9.37. The van der Waals surface area contributed by atoms with E-state index in [4.69, 9.17) is 0 Å². The van der Waals surface area contributed by atoms with Crippen LogP contribution in [0.15, 0.2) is 12.1 Å². The molecule has 1 aromatic heterocycles. The average molecular weight is 337 g/mol. The van der Waals surface area contributed by atoms with Crippen molar-refractivity contribution in [3.05, 3.63) is 21.9 Å². The van der Waals surface area contributed by atoms with Crippen LogP contribution in [-0.4, -0.2) is 53.7 Å². The summed E-state index contributed by atoms with van der Waals surface area (Å²) in [5, 5.41) is 9.48. The van der Waals surface area contributed by atoms with Crippen LogP contribution in [0.25, 0.3) is 0 Å². The third kappa shape index (κ3) is 5.02. The van der Waals surface area contributed by atoms with Crippen LogP contribution in [0, 0.1) is 12.8 Å². The van der Waals surface area contributed by atoms with Crippen LogP contribution in [0.2, 0.25) is 0 Å². The lowest BCUT2D eigenvalue weighted by atomic mass is 9.88. The van der Waals surface area contributed by atoms with Crippen molar-refractivity contribution in [1.29, 1.82) is 0 Å². The van der Waals surface area contributed by atoms with Crippen molar-refractivity contribution in [3.8, 4) is 0 Å². The summed E-state index contributed by atoms with van der Waals surface area (Å²) in [6.07, 6.45) is 8.04. The number of rotatable bonds is 6. The zero-order valence-corrected chi connectivity index (χ0v) is 15.4. The summed E-state index contributed by atoms with van der Waals surface area (Å²) < 4.78 is 0. The predicted molar refractivity (Wildman–Crippen MR) is 98.0 cm³/mol. The number of aliphatic hydroxyl groups excluding tert-OH is 1. The molecule has 1 saturated heterocycles. The van der Waals surface area contributed by atoms with Gasteiger partial charge in [0.1, 0.15) is 0 Å². The predicted octanol–water partition coefficient (Wildman–Crippen LogP) is 3.51. The number of hydrogen-bond donors (Lipinski definition) is 1. The van der Waals surface area contributed by atoms with Crippen LogP contribution in [0.4, 0.5) is 0 Å². The molecule has 1 aliphatic heterocycles. The minimum Gasteiger partial charge on any atom is -0.396 e. The van der Waals surface area contributed by atoms with Gasteiger partial charge in [-0.05, 0) is 44.2 Å². The van der Waals surface area contributed by atoms with Crippen LogP contribution in [-0.2, 0) is 6.54 Å². The Bertz CT molecular complexity index is 470. The average Bonchev–Trinajstić information content (AvgIpc) is 2.96. The first-order valence-corrected chi connectivity index (χ1v) is 10.2. The second-order valence-electron chi connectivity index (χ2n) is 7.41. The molecule has 1 saturated carbocycles.